The molecule has 0 aliphatic carbocycles. The topological polar surface area (TPSA) is 69.9 Å². The molecule has 0 saturated heterocycles. The highest BCUT2D eigenvalue weighted by molar-refractivity contribution is 5.90. The van der Waals surface area contributed by atoms with Crippen LogP contribution in [0.5, 0.6) is 5.75 Å². The van der Waals surface area contributed by atoms with Crippen LogP contribution in [-0.2, 0) is 0 Å². The Bertz CT molecular complexity index is 399. The first-order valence-corrected chi connectivity index (χ1v) is 5.08. The molecule has 4 nitrogen and oxygen atoms in total. The minimum absolute atomic E-state index is 0.0478. The SMILES string of the molecule is Cc1cc(C=O)c(O)c(C=NCCCO)c1. The normalized spacial score (nSPS) is 10.9. The van der Waals surface area contributed by atoms with E-state index >= 15 is 0 Å². The number of aryl methyl sites for hydroxylation is 1. The first kappa shape index (κ1) is 12.4. The van der Waals surface area contributed by atoms with Gasteiger partial charge in [0.05, 0.1) is 5.56 Å². The second-order valence-electron chi connectivity index (χ2n) is 3.52. The molecule has 0 spiro atoms. The van der Waals surface area contributed by atoms with Crippen molar-refractivity contribution in [2.24, 2.45) is 4.99 Å². The fraction of sp³-hybridized carbons (Fsp3) is 0.333. The number of carbonyl (C=O) groups excluding carboxylic acids is 1. The Morgan fingerprint density at radius 3 is 2.69 bits per heavy atom. The molecule has 16 heavy (non-hydrogen) atoms. The maximum Gasteiger partial charge on any atom is 0.153 e. The smallest absolute Gasteiger partial charge is 0.153 e. The molecule has 86 valence electrons. The monoisotopic (exact) mass is 221 g/mol. The van der Waals surface area contributed by atoms with E-state index in [1.54, 1.807) is 12.1 Å². The summed E-state index contributed by atoms with van der Waals surface area (Å²) < 4.78 is 0. The Labute approximate surface area is 94.3 Å². The van der Waals surface area contributed by atoms with Gasteiger partial charge < -0.3 is 10.2 Å². The molecule has 0 aliphatic rings. The van der Waals surface area contributed by atoms with Crippen LogP contribution in [0.4, 0.5) is 0 Å². The van der Waals surface area contributed by atoms with Gasteiger partial charge in [0.15, 0.2) is 6.29 Å². The number of rotatable bonds is 5. The zero-order valence-electron chi connectivity index (χ0n) is 9.18. The molecule has 0 heterocycles. The summed E-state index contributed by atoms with van der Waals surface area (Å²) in [5.41, 5.74) is 1.69. The van der Waals surface area contributed by atoms with E-state index < -0.39 is 0 Å². The summed E-state index contributed by atoms with van der Waals surface area (Å²) in [7, 11) is 0. The summed E-state index contributed by atoms with van der Waals surface area (Å²) in [5.74, 6) is -0.0478. The summed E-state index contributed by atoms with van der Waals surface area (Å²) in [6, 6.07) is 3.37. The number of aromatic hydroxyl groups is 1. The molecule has 0 aromatic heterocycles. The molecule has 0 radical (unpaired) electrons. The van der Waals surface area contributed by atoms with Crippen LogP contribution in [0, 0.1) is 6.92 Å². The van der Waals surface area contributed by atoms with Crippen molar-refractivity contribution in [3.8, 4) is 5.75 Å². The van der Waals surface area contributed by atoms with Gasteiger partial charge in [0, 0.05) is 24.9 Å². The quantitative estimate of drug-likeness (QED) is 0.447. The van der Waals surface area contributed by atoms with Crippen molar-refractivity contribution in [1.82, 2.24) is 0 Å². The Morgan fingerprint density at radius 2 is 2.06 bits per heavy atom. The maximum atomic E-state index is 10.7. The number of hydrogen-bond acceptors (Lipinski definition) is 4. The molecule has 1 aromatic rings. The molecule has 0 unspecified atom stereocenters. The average Bonchev–Trinajstić information content (AvgIpc) is 2.28. The van der Waals surface area contributed by atoms with E-state index in [2.05, 4.69) is 4.99 Å². The fourth-order valence-corrected chi connectivity index (χ4v) is 1.35. The molecule has 4 heteroatoms. The van der Waals surface area contributed by atoms with Gasteiger partial charge in [-0.1, -0.05) is 0 Å². The van der Waals surface area contributed by atoms with Crippen molar-refractivity contribution >= 4 is 12.5 Å². The molecule has 0 bridgehead atoms. The number of aliphatic hydroxyl groups is 1. The summed E-state index contributed by atoms with van der Waals surface area (Å²) in [5, 5.41) is 18.3. The van der Waals surface area contributed by atoms with E-state index in [0.29, 0.717) is 24.8 Å². The highest BCUT2D eigenvalue weighted by Gasteiger charge is 2.05. The van der Waals surface area contributed by atoms with Crippen molar-refractivity contribution < 1.29 is 15.0 Å². The maximum absolute atomic E-state index is 10.7. The second-order valence-corrected chi connectivity index (χ2v) is 3.52. The number of carbonyl (C=O) groups is 1. The molecule has 0 amide bonds. The fourth-order valence-electron chi connectivity index (χ4n) is 1.35. The van der Waals surface area contributed by atoms with E-state index in [4.69, 9.17) is 5.11 Å². The third-order valence-corrected chi connectivity index (χ3v) is 2.12. The highest BCUT2D eigenvalue weighted by Crippen LogP contribution is 2.21. The number of phenolic OH excluding ortho intramolecular Hbond substituents is 1. The Hall–Kier alpha value is -1.68. The third-order valence-electron chi connectivity index (χ3n) is 2.12. The zero-order chi connectivity index (χ0) is 12.0. The van der Waals surface area contributed by atoms with Gasteiger partial charge in [0.1, 0.15) is 5.75 Å². The lowest BCUT2D eigenvalue weighted by Gasteiger charge is -2.03. The summed E-state index contributed by atoms with van der Waals surface area (Å²) in [6.45, 7) is 2.44. The van der Waals surface area contributed by atoms with E-state index in [9.17, 15) is 9.90 Å². The summed E-state index contributed by atoms with van der Waals surface area (Å²) >= 11 is 0. The van der Waals surface area contributed by atoms with Crippen molar-refractivity contribution in [2.45, 2.75) is 13.3 Å². The number of hydrogen-bond donors (Lipinski definition) is 2. The molecular formula is C12H15NO3. The van der Waals surface area contributed by atoms with Crippen molar-refractivity contribution in [3.05, 3.63) is 28.8 Å². The average molecular weight is 221 g/mol. The van der Waals surface area contributed by atoms with Gasteiger partial charge >= 0.3 is 0 Å². The molecule has 1 rings (SSSR count). The van der Waals surface area contributed by atoms with Crippen LogP contribution in [0.3, 0.4) is 0 Å². The van der Waals surface area contributed by atoms with Gasteiger partial charge in [-0.15, -0.1) is 0 Å². The van der Waals surface area contributed by atoms with Gasteiger partial charge in [0.25, 0.3) is 0 Å². The molecule has 0 fully saturated rings. The van der Waals surface area contributed by atoms with Crippen LogP contribution in [0.25, 0.3) is 0 Å². The lowest BCUT2D eigenvalue weighted by molar-refractivity contribution is 0.112. The molecule has 0 saturated carbocycles. The Morgan fingerprint density at radius 1 is 1.38 bits per heavy atom. The number of nitrogens with zero attached hydrogens (tertiary/aromatic N) is 1. The van der Waals surface area contributed by atoms with Gasteiger partial charge in [-0.3, -0.25) is 9.79 Å². The minimum Gasteiger partial charge on any atom is -0.507 e. The lowest BCUT2D eigenvalue weighted by Crippen LogP contribution is -1.93. The number of phenols is 1. The Kier molecular flexibility index (Phi) is 4.66. The van der Waals surface area contributed by atoms with Crippen molar-refractivity contribution in [3.63, 3.8) is 0 Å². The van der Waals surface area contributed by atoms with Gasteiger partial charge in [-0.05, 0) is 31.0 Å². The van der Waals surface area contributed by atoms with Crippen LogP contribution in [-0.4, -0.2) is 35.9 Å². The van der Waals surface area contributed by atoms with Gasteiger partial charge in [-0.2, -0.15) is 0 Å². The largest absolute Gasteiger partial charge is 0.507 e. The predicted molar refractivity (Wildman–Crippen MR) is 62.4 cm³/mol. The van der Waals surface area contributed by atoms with Crippen LogP contribution < -0.4 is 0 Å². The number of aliphatic imine (C=N–C) groups is 1. The van der Waals surface area contributed by atoms with Crippen LogP contribution in [0.2, 0.25) is 0 Å². The van der Waals surface area contributed by atoms with E-state index in [1.807, 2.05) is 6.92 Å². The zero-order valence-corrected chi connectivity index (χ0v) is 9.18. The van der Waals surface area contributed by atoms with Crippen molar-refractivity contribution in [1.29, 1.82) is 0 Å². The minimum atomic E-state index is -0.0478. The van der Waals surface area contributed by atoms with E-state index in [-0.39, 0.29) is 17.9 Å². The first-order chi connectivity index (χ1) is 7.69. The van der Waals surface area contributed by atoms with Crippen LogP contribution >= 0.6 is 0 Å². The standard InChI is InChI=1S/C12H15NO3/c1-9-5-10(7-13-3-2-4-14)12(16)11(6-9)8-15/h5-8,14,16H,2-4H2,1H3. The number of aliphatic hydroxyl groups excluding tert-OH is 1. The Balaban J connectivity index is 2.90. The number of aldehydes is 1. The molecular weight excluding hydrogens is 206 g/mol. The first-order valence-electron chi connectivity index (χ1n) is 5.08. The lowest BCUT2D eigenvalue weighted by atomic mass is 10.1. The van der Waals surface area contributed by atoms with E-state index in [0.717, 1.165) is 5.56 Å². The molecule has 1 aromatic carbocycles. The molecule has 0 atom stereocenters. The van der Waals surface area contributed by atoms with Gasteiger partial charge in [0.2, 0.25) is 0 Å². The van der Waals surface area contributed by atoms with Crippen molar-refractivity contribution in [2.75, 3.05) is 13.2 Å². The highest BCUT2D eigenvalue weighted by atomic mass is 16.3. The third kappa shape index (κ3) is 3.17. The van der Waals surface area contributed by atoms with Crippen LogP contribution in [0.15, 0.2) is 17.1 Å². The van der Waals surface area contributed by atoms with Gasteiger partial charge in [-0.25, -0.2) is 0 Å². The molecule has 2 N–H and O–H groups in total. The summed E-state index contributed by atoms with van der Waals surface area (Å²) in [4.78, 5) is 14.7. The summed E-state index contributed by atoms with van der Waals surface area (Å²) in [6.07, 6.45) is 2.72. The van der Waals surface area contributed by atoms with Crippen LogP contribution in [0.1, 0.15) is 27.9 Å². The molecule has 0 aliphatic heterocycles. The van der Waals surface area contributed by atoms with E-state index in [1.165, 1.54) is 6.21 Å². The second kappa shape index (κ2) is 6.02. The number of benzene rings is 1. The predicted octanol–water partition coefficient (Wildman–Crippen LogP) is 1.31.